The normalized spacial score (nSPS) is 19.6. The third kappa shape index (κ3) is 3.97. The molecule has 3 N–H and O–H groups in total. The number of anilines is 4. The summed E-state index contributed by atoms with van der Waals surface area (Å²) >= 11 is 0. The van der Waals surface area contributed by atoms with Crippen molar-refractivity contribution in [1.29, 1.82) is 0 Å². The maximum atomic E-state index is 9.68. The molecule has 5 rings (SSSR count). The second kappa shape index (κ2) is 8.57. The Morgan fingerprint density at radius 1 is 1.10 bits per heavy atom. The van der Waals surface area contributed by atoms with Gasteiger partial charge in [0.1, 0.15) is 11.6 Å². The summed E-state index contributed by atoms with van der Waals surface area (Å²) in [5, 5.41) is 16.3. The number of hydrogen-bond acceptors (Lipinski definition) is 8. The minimum absolute atomic E-state index is 0.0754. The van der Waals surface area contributed by atoms with E-state index in [-0.39, 0.29) is 6.61 Å². The second-order valence-corrected chi connectivity index (χ2v) is 8.26. The summed E-state index contributed by atoms with van der Waals surface area (Å²) in [5.74, 6) is 2.25. The number of nitrogens with one attached hydrogen (secondary N) is 2. The zero-order valence-electron chi connectivity index (χ0n) is 17.2. The molecule has 2 aromatic rings. The lowest BCUT2D eigenvalue weighted by atomic mass is 10.0. The van der Waals surface area contributed by atoms with Crippen molar-refractivity contribution in [3.63, 3.8) is 0 Å². The largest absolute Gasteiger partial charge is 0.392 e. The van der Waals surface area contributed by atoms with E-state index in [2.05, 4.69) is 36.5 Å². The number of fused-ring (bicyclic) bond motifs is 1. The van der Waals surface area contributed by atoms with Crippen molar-refractivity contribution >= 4 is 29.3 Å². The summed E-state index contributed by atoms with van der Waals surface area (Å²) < 4.78 is 0. The van der Waals surface area contributed by atoms with Gasteiger partial charge in [0, 0.05) is 50.5 Å². The van der Waals surface area contributed by atoms with Crippen LogP contribution in [0.4, 0.5) is 23.3 Å². The van der Waals surface area contributed by atoms with Crippen LogP contribution in [0.5, 0.6) is 0 Å². The smallest absolute Gasteiger partial charge is 0.230 e. The molecule has 1 saturated heterocycles. The Kier molecular flexibility index (Phi) is 5.50. The minimum atomic E-state index is 0.0754. The highest BCUT2D eigenvalue weighted by molar-refractivity contribution is 5.72. The van der Waals surface area contributed by atoms with Crippen LogP contribution in [0.1, 0.15) is 31.2 Å². The first kappa shape index (κ1) is 19.3. The first-order valence-corrected chi connectivity index (χ1v) is 10.9. The molecule has 0 spiro atoms. The molecule has 3 aliphatic rings. The van der Waals surface area contributed by atoms with Gasteiger partial charge in [-0.2, -0.15) is 4.98 Å². The molecular formula is C22H29N7O. The highest BCUT2D eigenvalue weighted by Crippen LogP contribution is 2.34. The molecular weight excluding hydrogens is 378 g/mol. The SMILES string of the molecule is OCC1=Cc2cnc(Nc3ccc(N4CCNCC4)cn3)nc2N(C2CCCC2)C1. The van der Waals surface area contributed by atoms with E-state index in [1.807, 2.05) is 24.5 Å². The van der Waals surface area contributed by atoms with Crippen LogP contribution >= 0.6 is 0 Å². The molecule has 1 saturated carbocycles. The molecule has 4 heterocycles. The van der Waals surface area contributed by atoms with Crippen LogP contribution in [0.25, 0.3) is 6.08 Å². The molecule has 8 heteroatoms. The molecule has 8 nitrogen and oxygen atoms in total. The van der Waals surface area contributed by atoms with E-state index >= 15 is 0 Å². The quantitative estimate of drug-likeness (QED) is 0.695. The first-order valence-electron chi connectivity index (χ1n) is 10.9. The van der Waals surface area contributed by atoms with Gasteiger partial charge in [0.25, 0.3) is 0 Å². The summed E-state index contributed by atoms with van der Waals surface area (Å²) in [6.45, 7) is 4.83. The predicted molar refractivity (Wildman–Crippen MR) is 119 cm³/mol. The molecule has 30 heavy (non-hydrogen) atoms. The lowest BCUT2D eigenvalue weighted by Crippen LogP contribution is -2.43. The maximum absolute atomic E-state index is 9.68. The minimum Gasteiger partial charge on any atom is -0.392 e. The molecule has 2 fully saturated rings. The monoisotopic (exact) mass is 407 g/mol. The highest BCUT2D eigenvalue weighted by Gasteiger charge is 2.29. The summed E-state index contributed by atoms with van der Waals surface area (Å²) in [7, 11) is 0. The molecule has 2 aliphatic heterocycles. The Labute approximate surface area is 177 Å². The Bertz CT molecular complexity index is 902. The number of aliphatic hydroxyl groups is 1. The van der Waals surface area contributed by atoms with Crippen molar-refractivity contribution in [3.8, 4) is 0 Å². The van der Waals surface area contributed by atoms with E-state index in [0.29, 0.717) is 12.0 Å². The van der Waals surface area contributed by atoms with Gasteiger partial charge >= 0.3 is 0 Å². The van der Waals surface area contributed by atoms with Crippen LogP contribution in [0, 0.1) is 0 Å². The molecule has 0 unspecified atom stereocenters. The van der Waals surface area contributed by atoms with Crippen molar-refractivity contribution in [1.82, 2.24) is 20.3 Å². The Morgan fingerprint density at radius 2 is 1.93 bits per heavy atom. The van der Waals surface area contributed by atoms with Crippen LogP contribution in [-0.4, -0.2) is 65.4 Å². The average Bonchev–Trinajstić information content (AvgIpc) is 3.34. The molecule has 0 bridgehead atoms. The number of hydrogen-bond donors (Lipinski definition) is 3. The first-order chi connectivity index (χ1) is 14.8. The number of aromatic nitrogens is 3. The topological polar surface area (TPSA) is 89.4 Å². The fraction of sp³-hybridized carbons (Fsp3) is 0.500. The van der Waals surface area contributed by atoms with E-state index < -0.39 is 0 Å². The van der Waals surface area contributed by atoms with Gasteiger partial charge in [0.2, 0.25) is 5.95 Å². The zero-order chi connectivity index (χ0) is 20.3. The Balaban J connectivity index is 1.35. The van der Waals surface area contributed by atoms with Crippen molar-refractivity contribution < 1.29 is 5.11 Å². The molecule has 1 aliphatic carbocycles. The fourth-order valence-corrected chi connectivity index (χ4v) is 4.63. The van der Waals surface area contributed by atoms with Crippen molar-refractivity contribution in [2.24, 2.45) is 0 Å². The lowest BCUT2D eigenvalue weighted by Gasteiger charge is -2.34. The molecule has 0 radical (unpaired) electrons. The van der Waals surface area contributed by atoms with E-state index in [0.717, 1.165) is 61.2 Å². The molecule has 2 aromatic heterocycles. The van der Waals surface area contributed by atoms with Gasteiger partial charge in [-0.3, -0.25) is 0 Å². The van der Waals surface area contributed by atoms with E-state index in [1.54, 1.807) is 0 Å². The summed E-state index contributed by atoms with van der Waals surface area (Å²) in [4.78, 5) is 18.6. The third-order valence-electron chi connectivity index (χ3n) is 6.24. The highest BCUT2D eigenvalue weighted by atomic mass is 16.3. The van der Waals surface area contributed by atoms with E-state index in [4.69, 9.17) is 4.98 Å². The van der Waals surface area contributed by atoms with Crippen LogP contribution in [0.2, 0.25) is 0 Å². The molecule has 158 valence electrons. The fourth-order valence-electron chi connectivity index (χ4n) is 4.63. The van der Waals surface area contributed by atoms with Gasteiger partial charge < -0.3 is 25.5 Å². The maximum Gasteiger partial charge on any atom is 0.230 e. The lowest BCUT2D eigenvalue weighted by molar-refractivity contribution is 0.328. The van der Waals surface area contributed by atoms with Crippen molar-refractivity contribution in [2.45, 2.75) is 31.7 Å². The third-order valence-corrected chi connectivity index (χ3v) is 6.24. The van der Waals surface area contributed by atoms with Crippen molar-refractivity contribution in [2.75, 3.05) is 54.4 Å². The van der Waals surface area contributed by atoms with Crippen LogP contribution in [-0.2, 0) is 0 Å². The average molecular weight is 408 g/mol. The van der Waals surface area contributed by atoms with E-state index in [1.165, 1.54) is 25.7 Å². The van der Waals surface area contributed by atoms with Gasteiger partial charge in [0.05, 0.1) is 18.5 Å². The van der Waals surface area contributed by atoms with Crippen LogP contribution in [0.15, 0.2) is 30.1 Å². The number of rotatable bonds is 5. The van der Waals surface area contributed by atoms with Gasteiger partial charge in [-0.25, -0.2) is 9.97 Å². The number of nitrogens with zero attached hydrogens (tertiary/aromatic N) is 5. The van der Waals surface area contributed by atoms with Gasteiger partial charge in [-0.15, -0.1) is 0 Å². The molecule has 0 aromatic carbocycles. The number of piperazine rings is 1. The zero-order valence-corrected chi connectivity index (χ0v) is 17.2. The summed E-state index contributed by atoms with van der Waals surface area (Å²) in [6.07, 6.45) is 10.6. The predicted octanol–water partition coefficient (Wildman–Crippen LogP) is 2.16. The van der Waals surface area contributed by atoms with Crippen LogP contribution < -0.4 is 20.4 Å². The number of aliphatic hydroxyl groups excluding tert-OH is 1. The summed E-state index contributed by atoms with van der Waals surface area (Å²) in [5.41, 5.74) is 3.14. The Hall–Kier alpha value is -2.71. The van der Waals surface area contributed by atoms with E-state index in [9.17, 15) is 5.11 Å². The van der Waals surface area contributed by atoms with Gasteiger partial charge in [0.15, 0.2) is 0 Å². The molecule has 0 atom stereocenters. The van der Waals surface area contributed by atoms with Gasteiger partial charge in [-0.05, 0) is 36.6 Å². The standard InChI is InChI=1S/C22H29N7O/c30-15-16-11-17-12-25-22(27-21(17)29(14-16)18-3-1-2-4-18)26-20-6-5-19(13-24-20)28-9-7-23-8-10-28/h5-6,11-13,18,23,30H,1-4,7-10,14-15H2,(H,24,25,26,27). The van der Waals surface area contributed by atoms with Crippen LogP contribution in [0.3, 0.4) is 0 Å². The van der Waals surface area contributed by atoms with Gasteiger partial charge in [-0.1, -0.05) is 12.8 Å². The second-order valence-electron chi connectivity index (χ2n) is 8.26. The summed E-state index contributed by atoms with van der Waals surface area (Å²) in [6, 6.07) is 4.57. The number of pyridine rings is 1. The molecule has 0 amide bonds. The van der Waals surface area contributed by atoms with Crippen molar-refractivity contribution in [3.05, 3.63) is 35.7 Å². The Morgan fingerprint density at radius 3 is 2.67 bits per heavy atom.